The maximum absolute atomic E-state index is 12.3. The van der Waals surface area contributed by atoms with Crippen LogP contribution >= 0.6 is 0 Å². The zero-order valence-electron chi connectivity index (χ0n) is 14.1. The van der Waals surface area contributed by atoms with Crippen LogP contribution in [-0.4, -0.2) is 53.7 Å². The second-order valence-corrected chi connectivity index (χ2v) is 7.46. The number of carbonyl (C=O) groups excluding carboxylic acids is 2. The Morgan fingerprint density at radius 3 is 2.38 bits per heavy atom. The molecule has 21 heavy (non-hydrogen) atoms. The summed E-state index contributed by atoms with van der Waals surface area (Å²) in [5.41, 5.74) is -0.816. The zero-order chi connectivity index (χ0) is 16.3. The minimum Gasteiger partial charge on any atom is -0.444 e. The fourth-order valence-electron chi connectivity index (χ4n) is 2.15. The third-order valence-corrected chi connectivity index (χ3v) is 3.17. The lowest BCUT2D eigenvalue weighted by Crippen LogP contribution is -2.51. The molecule has 1 aliphatic rings. The highest BCUT2D eigenvalue weighted by Crippen LogP contribution is 2.18. The number of nitrogens with zero attached hydrogens (tertiary/aromatic N) is 1. The van der Waals surface area contributed by atoms with Crippen molar-refractivity contribution in [2.45, 2.75) is 65.1 Å². The first-order valence-corrected chi connectivity index (χ1v) is 7.50. The third-order valence-electron chi connectivity index (χ3n) is 3.17. The van der Waals surface area contributed by atoms with Gasteiger partial charge in [0.25, 0.3) is 0 Å². The first-order valence-electron chi connectivity index (χ1n) is 7.50. The lowest BCUT2D eigenvalue weighted by Gasteiger charge is -2.37. The monoisotopic (exact) mass is 299 g/mol. The fourth-order valence-corrected chi connectivity index (χ4v) is 2.15. The highest BCUT2D eigenvalue weighted by molar-refractivity contribution is 5.78. The quantitative estimate of drug-likeness (QED) is 0.825. The summed E-state index contributed by atoms with van der Waals surface area (Å²) in [5.74, 6) is 0.0762. The minimum absolute atomic E-state index is 0.0762. The van der Waals surface area contributed by atoms with Crippen LogP contribution in [-0.2, 0) is 9.53 Å². The highest BCUT2D eigenvalue weighted by Gasteiger charge is 2.30. The molecule has 0 aliphatic carbocycles. The van der Waals surface area contributed by atoms with Crippen molar-refractivity contribution < 1.29 is 14.3 Å². The molecule has 0 spiro atoms. The first kappa shape index (κ1) is 17.8. The molecular weight excluding hydrogens is 270 g/mol. The van der Waals surface area contributed by atoms with Crippen molar-refractivity contribution in [1.82, 2.24) is 15.5 Å². The molecule has 0 aromatic heterocycles. The molecule has 0 bridgehead atoms. The Kier molecular flexibility index (Phi) is 5.61. The summed E-state index contributed by atoms with van der Waals surface area (Å²) in [6.45, 7) is 13.4. The Hall–Kier alpha value is -1.30. The van der Waals surface area contributed by atoms with E-state index in [2.05, 4.69) is 10.6 Å². The van der Waals surface area contributed by atoms with E-state index in [0.29, 0.717) is 26.1 Å². The summed E-state index contributed by atoms with van der Waals surface area (Å²) >= 11 is 0. The number of hydrogen-bond acceptors (Lipinski definition) is 4. The third kappa shape index (κ3) is 6.33. The van der Waals surface area contributed by atoms with Gasteiger partial charge in [-0.05, 0) is 41.5 Å². The lowest BCUT2D eigenvalue weighted by molar-refractivity contribution is -0.119. The van der Waals surface area contributed by atoms with E-state index in [-0.39, 0.29) is 23.6 Å². The van der Waals surface area contributed by atoms with Crippen LogP contribution < -0.4 is 10.6 Å². The number of rotatable bonds is 4. The van der Waals surface area contributed by atoms with E-state index in [1.807, 2.05) is 41.5 Å². The molecule has 2 N–H and O–H groups in total. The van der Waals surface area contributed by atoms with Gasteiger partial charge in [-0.15, -0.1) is 0 Å². The van der Waals surface area contributed by atoms with Gasteiger partial charge in [0.2, 0.25) is 5.91 Å². The molecule has 6 nitrogen and oxygen atoms in total. The second-order valence-electron chi connectivity index (χ2n) is 7.46. The van der Waals surface area contributed by atoms with Crippen molar-refractivity contribution in [1.29, 1.82) is 0 Å². The molecule has 1 unspecified atom stereocenters. The molecule has 1 fully saturated rings. The second kappa shape index (κ2) is 6.64. The van der Waals surface area contributed by atoms with E-state index in [9.17, 15) is 9.59 Å². The van der Waals surface area contributed by atoms with Gasteiger partial charge in [0.1, 0.15) is 5.60 Å². The molecule has 0 aromatic carbocycles. The van der Waals surface area contributed by atoms with E-state index in [0.717, 1.165) is 0 Å². The molecule has 0 saturated carbocycles. The molecule has 0 aromatic rings. The molecule has 2 amide bonds. The summed E-state index contributed by atoms with van der Waals surface area (Å²) in [6, 6.07) is 0.151. The number of nitrogens with one attached hydrogen (secondary N) is 2. The van der Waals surface area contributed by atoms with Crippen LogP contribution in [0.25, 0.3) is 0 Å². The van der Waals surface area contributed by atoms with Crippen LogP contribution in [0.3, 0.4) is 0 Å². The number of hydrogen-bond donors (Lipinski definition) is 2. The molecule has 1 aliphatic heterocycles. The Balaban J connectivity index is 2.51. The molecule has 1 rings (SSSR count). The average Bonchev–Trinajstić information content (AvgIpc) is 2.66. The predicted octanol–water partition coefficient (Wildman–Crippen LogP) is 1.50. The van der Waals surface area contributed by atoms with E-state index >= 15 is 0 Å². The Labute approximate surface area is 127 Å². The zero-order valence-corrected chi connectivity index (χ0v) is 14.1. The molecule has 122 valence electrons. The largest absolute Gasteiger partial charge is 0.444 e. The van der Waals surface area contributed by atoms with Crippen molar-refractivity contribution in [2.75, 3.05) is 19.6 Å². The molecule has 6 heteroatoms. The summed E-state index contributed by atoms with van der Waals surface area (Å²) in [6.07, 6.45) is 0.194. The standard InChI is InChI=1S/C15H29N3O3/c1-14(2,3)18(13(20)21-15(4,5)6)8-7-16-11-9-12(19)17-10-11/h11,16H,7-10H2,1-6H3,(H,17,19). The van der Waals surface area contributed by atoms with E-state index in [1.165, 1.54) is 0 Å². The van der Waals surface area contributed by atoms with Gasteiger partial charge in [-0.3, -0.25) is 4.79 Å². The maximum Gasteiger partial charge on any atom is 0.410 e. The van der Waals surface area contributed by atoms with Crippen molar-refractivity contribution in [2.24, 2.45) is 0 Å². The predicted molar refractivity (Wildman–Crippen MR) is 82.1 cm³/mol. The van der Waals surface area contributed by atoms with Gasteiger partial charge in [-0.2, -0.15) is 0 Å². The summed E-state index contributed by atoms with van der Waals surface area (Å²) in [5, 5.41) is 6.08. The van der Waals surface area contributed by atoms with Gasteiger partial charge in [0.05, 0.1) is 0 Å². The lowest BCUT2D eigenvalue weighted by atomic mass is 10.1. The Morgan fingerprint density at radius 2 is 1.95 bits per heavy atom. The fraction of sp³-hybridized carbons (Fsp3) is 0.867. The SMILES string of the molecule is CC(C)(C)OC(=O)N(CCNC1CNC(=O)C1)C(C)(C)C. The van der Waals surface area contributed by atoms with Crippen molar-refractivity contribution in [3.05, 3.63) is 0 Å². The van der Waals surface area contributed by atoms with E-state index in [1.54, 1.807) is 4.90 Å². The van der Waals surface area contributed by atoms with E-state index < -0.39 is 5.60 Å². The Bertz CT molecular complexity index is 383. The molecular formula is C15H29N3O3. The van der Waals surface area contributed by atoms with Gasteiger partial charge in [-0.25, -0.2) is 4.79 Å². The van der Waals surface area contributed by atoms with Crippen LogP contribution in [0, 0.1) is 0 Å². The smallest absolute Gasteiger partial charge is 0.410 e. The van der Waals surface area contributed by atoms with Crippen molar-refractivity contribution in [3.63, 3.8) is 0 Å². The van der Waals surface area contributed by atoms with Crippen LogP contribution in [0.2, 0.25) is 0 Å². The van der Waals surface area contributed by atoms with E-state index in [4.69, 9.17) is 4.74 Å². The van der Waals surface area contributed by atoms with Gasteiger partial charge < -0.3 is 20.3 Å². The molecule has 1 heterocycles. The van der Waals surface area contributed by atoms with Gasteiger partial charge in [-0.1, -0.05) is 0 Å². The normalized spacial score (nSPS) is 19.3. The van der Waals surface area contributed by atoms with Gasteiger partial charge in [0, 0.05) is 37.6 Å². The van der Waals surface area contributed by atoms with Gasteiger partial charge >= 0.3 is 6.09 Å². The minimum atomic E-state index is -0.504. The number of ether oxygens (including phenoxy) is 1. The van der Waals surface area contributed by atoms with Crippen molar-refractivity contribution >= 4 is 12.0 Å². The Morgan fingerprint density at radius 1 is 1.33 bits per heavy atom. The average molecular weight is 299 g/mol. The summed E-state index contributed by atoms with van der Waals surface area (Å²) in [4.78, 5) is 25.2. The van der Waals surface area contributed by atoms with Crippen LogP contribution in [0.5, 0.6) is 0 Å². The first-order chi connectivity index (χ1) is 9.49. The number of carbonyl (C=O) groups is 2. The summed E-state index contributed by atoms with van der Waals surface area (Å²) < 4.78 is 5.46. The number of amides is 2. The maximum atomic E-state index is 12.3. The molecule has 0 radical (unpaired) electrons. The topological polar surface area (TPSA) is 70.7 Å². The van der Waals surface area contributed by atoms with Gasteiger partial charge in [0.15, 0.2) is 0 Å². The highest BCUT2D eigenvalue weighted by atomic mass is 16.6. The molecule has 1 atom stereocenters. The van der Waals surface area contributed by atoms with Crippen LogP contribution in [0.15, 0.2) is 0 Å². The summed E-state index contributed by atoms with van der Waals surface area (Å²) in [7, 11) is 0. The van der Waals surface area contributed by atoms with Crippen molar-refractivity contribution in [3.8, 4) is 0 Å². The van der Waals surface area contributed by atoms with Crippen LogP contribution in [0.4, 0.5) is 4.79 Å². The molecule has 1 saturated heterocycles. The van der Waals surface area contributed by atoms with Crippen LogP contribution in [0.1, 0.15) is 48.0 Å².